The number of hydrogen-bond acceptors (Lipinski definition) is 3. The van der Waals surface area contributed by atoms with Crippen LogP contribution in [-0.2, 0) is 0 Å². The summed E-state index contributed by atoms with van der Waals surface area (Å²) in [5.74, 6) is 0.111. The van der Waals surface area contributed by atoms with Crippen molar-refractivity contribution in [3.63, 3.8) is 0 Å². The van der Waals surface area contributed by atoms with Crippen molar-refractivity contribution in [2.45, 2.75) is 44.8 Å². The molecule has 3 heteroatoms. The van der Waals surface area contributed by atoms with Crippen LogP contribution >= 0.6 is 0 Å². The van der Waals surface area contributed by atoms with Crippen LogP contribution in [0.4, 0.5) is 0 Å². The van der Waals surface area contributed by atoms with Gasteiger partial charge in [-0.05, 0) is 44.6 Å². The highest BCUT2D eigenvalue weighted by Crippen LogP contribution is 2.32. The van der Waals surface area contributed by atoms with Crippen LogP contribution in [0, 0.1) is 5.92 Å². The number of aliphatic hydroxyl groups is 3. The molecule has 0 spiro atoms. The molecule has 3 N–H and O–H groups in total. The third-order valence-corrected chi connectivity index (χ3v) is 3.00. The lowest BCUT2D eigenvalue weighted by Crippen LogP contribution is -2.36. The van der Waals surface area contributed by atoms with Gasteiger partial charge in [0.2, 0.25) is 0 Å². The molecule has 0 aromatic carbocycles. The topological polar surface area (TPSA) is 60.7 Å². The minimum atomic E-state index is -0.734. The molecule has 1 aliphatic carbocycles. The first-order valence-electron chi connectivity index (χ1n) is 5.15. The monoisotopic (exact) mass is 200 g/mol. The zero-order valence-electron chi connectivity index (χ0n) is 8.90. The van der Waals surface area contributed by atoms with Gasteiger partial charge in [-0.2, -0.15) is 0 Å². The Kier molecular flexibility index (Phi) is 3.70. The quantitative estimate of drug-likeness (QED) is 0.592. The maximum atomic E-state index is 9.79. The van der Waals surface area contributed by atoms with Crippen molar-refractivity contribution >= 4 is 0 Å². The van der Waals surface area contributed by atoms with E-state index >= 15 is 0 Å². The summed E-state index contributed by atoms with van der Waals surface area (Å²) in [6.45, 7) is 3.63. The molecule has 0 heterocycles. The van der Waals surface area contributed by atoms with Gasteiger partial charge >= 0.3 is 0 Å². The lowest BCUT2D eigenvalue weighted by Gasteiger charge is -2.34. The number of rotatable bonds is 3. The Morgan fingerprint density at radius 1 is 1.50 bits per heavy atom. The van der Waals surface area contributed by atoms with Crippen molar-refractivity contribution < 1.29 is 15.3 Å². The molecule has 0 saturated carbocycles. The molecule has 0 radical (unpaired) electrons. The Morgan fingerprint density at radius 3 is 2.57 bits per heavy atom. The van der Waals surface area contributed by atoms with Crippen molar-refractivity contribution in [3.8, 4) is 0 Å². The minimum absolute atomic E-state index is 0.0794. The summed E-state index contributed by atoms with van der Waals surface area (Å²) < 4.78 is 0. The van der Waals surface area contributed by atoms with E-state index < -0.39 is 11.7 Å². The van der Waals surface area contributed by atoms with E-state index in [-0.39, 0.29) is 12.5 Å². The lowest BCUT2D eigenvalue weighted by molar-refractivity contribution is -0.00635. The second kappa shape index (κ2) is 4.43. The standard InChI is InChI=1S/C11H20O3/c1-11(2,14)9-4-3-8(5-6-12)10(13)7-9/h3,9-10,12-14H,4-7H2,1-2H3/t9-,10+/m1/s1. The van der Waals surface area contributed by atoms with Crippen LogP contribution in [0.2, 0.25) is 0 Å². The third-order valence-electron chi connectivity index (χ3n) is 3.00. The minimum Gasteiger partial charge on any atom is -0.396 e. The maximum absolute atomic E-state index is 9.79. The molecule has 0 bridgehead atoms. The predicted octanol–water partition coefficient (Wildman–Crippen LogP) is 0.837. The fourth-order valence-electron chi connectivity index (χ4n) is 1.92. The lowest BCUT2D eigenvalue weighted by atomic mass is 9.78. The Bertz CT molecular complexity index is 215. The van der Waals surface area contributed by atoms with Gasteiger partial charge in [0.25, 0.3) is 0 Å². The Morgan fingerprint density at radius 2 is 2.14 bits per heavy atom. The van der Waals surface area contributed by atoms with Crippen LogP contribution in [0.1, 0.15) is 33.1 Å². The van der Waals surface area contributed by atoms with E-state index in [4.69, 9.17) is 5.11 Å². The molecule has 1 aliphatic rings. The summed E-state index contributed by atoms with van der Waals surface area (Å²) in [6.07, 6.45) is 3.38. The number of aliphatic hydroxyl groups excluding tert-OH is 2. The van der Waals surface area contributed by atoms with Gasteiger partial charge in [0, 0.05) is 6.61 Å². The molecule has 3 nitrogen and oxygen atoms in total. The highest BCUT2D eigenvalue weighted by molar-refractivity contribution is 5.13. The molecule has 82 valence electrons. The summed E-state index contributed by atoms with van der Waals surface area (Å²) in [6, 6.07) is 0. The van der Waals surface area contributed by atoms with Gasteiger partial charge in [0.05, 0.1) is 11.7 Å². The summed E-state index contributed by atoms with van der Waals surface area (Å²) >= 11 is 0. The van der Waals surface area contributed by atoms with Gasteiger partial charge in [0.15, 0.2) is 0 Å². The van der Waals surface area contributed by atoms with E-state index in [1.165, 1.54) is 0 Å². The van der Waals surface area contributed by atoms with Crippen LogP contribution in [0.3, 0.4) is 0 Å². The fraction of sp³-hybridized carbons (Fsp3) is 0.818. The van der Waals surface area contributed by atoms with Gasteiger partial charge < -0.3 is 15.3 Å². The molecule has 0 fully saturated rings. The van der Waals surface area contributed by atoms with Crippen LogP contribution in [-0.4, -0.2) is 33.6 Å². The van der Waals surface area contributed by atoms with Gasteiger partial charge in [-0.3, -0.25) is 0 Å². The van der Waals surface area contributed by atoms with Crippen molar-refractivity contribution in [2.75, 3.05) is 6.61 Å². The maximum Gasteiger partial charge on any atom is 0.0754 e. The summed E-state index contributed by atoms with van der Waals surface area (Å²) in [5.41, 5.74) is 0.176. The van der Waals surface area contributed by atoms with E-state index in [9.17, 15) is 10.2 Å². The first kappa shape index (κ1) is 11.7. The van der Waals surface area contributed by atoms with E-state index in [2.05, 4.69) is 0 Å². The zero-order chi connectivity index (χ0) is 10.8. The fourth-order valence-corrected chi connectivity index (χ4v) is 1.92. The molecular formula is C11H20O3. The van der Waals surface area contributed by atoms with Crippen LogP contribution in [0.15, 0.2) is 11.6 Å². The van der Waals surface area contributed by atoms with Crippen LogP contribution in [0.25, 0.3) is 0 Å². The average Bonchev–Trinajstić information content (AvgIpc) is 2.07. The molecule has 14 heavy (non-hydrogen) atoms. The highest BCUT2D eigenvalue weighted by Gasteiger charge is 2.31. The molecule has 1 rings (SSSR count). The van der Waals surface area contributed by atoms with Crippen molar-refractivity contribution in [1.29, 1.82) is 0 Å². The number of hydrogen-bond donors (Lipinski definition) is 3. The molecule has 2 atom stereocenters. The van der Waals surface area contributed by atoms with E-state index in [0.717, 1.165) is 12.0 Å². The normalized spacial score (nSPS) is 28.8. The van der Waals surface area contributed by atoms with Crippen molar-refractivity contribution in [1.82, 2.24) is 0 Å². The molecule has 0 aromatic heterocycles. The molecular weight excluding hydrogens is 180 g/mol. The van der Waals surface area contributed by atoms with Crippen molar-refractivity contribution in [2.24, 2.45) is 5.92 Å². The van der Waals surface area contributed by atoms with Gasteiger partial charge in [-0.25, -0.2) is 0 Å². The molecule has 0 aliphatic heterocycles. The Balaban J connectivity index is 2.62. The first-order chi connectivity index (χ1) is 6.45. The molecule has 0 saturated heterocycles. The zero-order valence-corrected chi connectivity index (χ0v) is 8.90. The molecule has 0 aromatic rings. The SMILES string of the molecule is CC(C)(O)[C@@H]1CC=C(CCO)[C@@H](O)C1. The Hall–Kier alpha value is -0.380. The summed E-state index contributed by atoms with van der Waals surface area (Å²) in [4.78, 5) is 0. The van der Waals surface area contributed by atoms with Crippen molar-refractivity contribution in [3.05, 3.63) is 11.6 Å². The second-order valence-corrected chi connectivity index (χ2v) is 4.59. The molecule has 0 amide bonds. The van der Waals surface area contributed by atoms with E-state index in [1.54, 1.807) is 13.8 Å². The van der Waals surface area contributed by atoms with Gasteiger partial charge in [-0.1, -0.05) is 6.08 Å². The van der Waals surface area contributed by atoms with Crippen LogP contribution < -0.4 is 0 Å². The Labute approximate surface area is 85.1 Å². The third kappa shape index (κ3) is 2.80. The molecule has 0 unspecified atom stereocenters. The van der Waals surface area contributed by atoms with Gasteiger partial charge in [0.1, 0.15) is 0 Å². The summed E-state index contributed by atoms with van der Waals surface area (Å²) in [7, 11) is 0. The van der Waals surface area contributed by atoms with Crippen LogP contribution in [0.5, 0.6) is 0 Å². The highest BCUT2D eigenvalue weighted by atomic mass is 16.3. The van der Waals surface area contributed by atoms with E-state index in [0.29, 0.717) is 12.8 Å². The second-order valence-electron chi connectivity index (χ2n) is 4.59. The first-order valence-corrected chi connectivity index (χ1v) is 5.15. The number of allylic oxidation sites excluding steroid dienone is 1. The smallest absolute Gasteiger partial charge is 0.0754 e. The average molecular weight is 200 g/mol. The summed E-state index contributed by atoms with van der Waals surface area (Å²) in [5, 5.41) is 28.3. The van der Waals surface area contributed by atoms with Gasteiger partial charge in [-0.15, -0.1) is 0 Å². The predicted molar refractivity (Wildman–Crippen MR) is 54.8 cm³/mol. The van der Waals surface area contributed by atoms with E-state index in [1.807, 2.05) is 6.08 Å². The largest absolute Gasteiger partial charge is 0.396 e.